The van der Waals surface area contributed by atoms with Gasteiger partial charge < -0.3 is 0 Å². The molecule has 0 bridgehead atoms. The molecule has 0 N–H and O–H groups in total. The minimum absolute atomic E-state index is 0.0772. The molecule has 1 unspecified atom stereocenters. The number of hydrogen-bond acceptors (Lipinski definition) is 1. The molecule has 46 valence electrons. The summed E-state index contributed by atoms with van der Waals surface area (Å²) in [5.74, 6) is -0.0772. The quantitative estimate of drug-likeness (QED) is 0.413. The zero-order chi connectivity index (χ0) is 6.73. The van der Waals surface area contributed by atoms with Crippen LogP contribution in [-0.4, -0.2) is 11.2 Å². The SMILES string of the molecule is C=C(C)C(=O)C(C)Cl. The summed E-state index contributed by atoms with van der Waals surface area (Å²) in [6.07, 6.45) is 0. The maximum absolute atomic E-state index is 10.6. The fourth-order valence-electron chi connectivity index (χ4n) is 0.340. The molecule has 2 heteroatoms. The lowest BCUT2D eigenvalue weighted by Gasteiger charge is -1.97. The third-order valence-electron chi connectivity index (χ3n) is 0.782. The van der Waals surface area contributed by atoms with Gasteiger partial charge in [0.15, 0.2) is 5.78 Å². The molecule has 0 aromatic rings. The predicted molar refractivity (Wildman–Crippen MR) is 35.1 cm³/mol. The van der Waals surface area contributed by atoms with Crippen molar-refractivity contribution in [3.63, 3.8) is 0 Å². The zero-order valence-corrected chi connectivity index (χ0v) is 5.83. The molecule has 0 fully saturated rings. The van der Waals surface area contributed by atoms with Crippen molar-refractivity contribution in [1.29, 1.82) is 0 Å². The van der Waals surface area contributed by atoms with Crippen molar-refractivity contribution < 1.29 is 4.79 Å². The van der Waals surface area contributed by atoms with E-state index in [0.29, 0.717) is 5.57 Å². The monoisotopic (exact) mass is 132 g/mol. The summed E-state index contributed by atoms with van der Waals surface area (Å²) < 4.78 is 0. The smallest absolute Gasteiger partial charge is 0.175 e. The molecule has 0 saturated carbocycles. The molecule has 0 aliphatic heterocycles. The predicted octanol–water partition coefficient (Wildman–Crippen LogP) is 1.76. The molecule has 0 saturated heterocycles. The average Bonchev–Trinajstić information content (AvgIpc) is 1.64. The molecule has 1 nitrogen and oxygen atoms in total. The van der Waals surface area contributed by atoms with Gasteiger partial charge in [0, 0.05) is 0 Å². The summed E-state index contributed by atoms with van der Waals surface area (Å²) in [4.78, 5) is 10.6. The van der Waals surface area contributed by atoms with Crippen molar-refractivity contribution in [2.24, 2.45) is 0 Å². The van der Waals surface area contributed by atoms with E-state index in [1.807, 2.05) is 0 Å². The molecule has 0 aromatic carbocycles. The van der Waals surface area contributed by atoms with Crippen LogP contribution in [0.15, 0.2) is 12.2 Å². The molecular weight excluding hydrogens is 124 g/mol. The molecule has 0 spiro atoms. The lowest BCUT2D eigenvalue weighted by molar-refractivity contribution is -0.114. The van der Waals surface area contributed by atoms with Gasteiger partial charge in [-0.1, -0.05) is 6.58 Å². The minimum Gasteiger partial charge on any atom is -0.293 e. The van der Waals surface area contributed by atoms with E-state index >= 15 is 0 Å². The second-order valence-electron chi connectivity index (χ2n) is 1.76. The van der Waals surface area contributed by atoms with E-state index in [2.05, 4.69) is 6.58 Å². The van der Waals surface area contributed by atoms with Gasteiger partial charge in [0.05, 0.1) is 5.38 Å². The molecule has 0 aliphatic rings. The summed E-state index contributed by atoms with van der Waals surface area (Å²) >= 11 is 5.41. The lowest BCUT2D eigenvalue weighted by atomic mass is 10.2. The van der Waals surface area contributed by atoms with Gasteiger partial charge in [0.2, 0.25) is 0 Å². The molecule has 0 heterocycles. The van der Waals surface area contributed by atoms with Gasteiger partial charge in [-0.05, 0) is 19.4 Å². The maximum Gasteiger partial charge on any atom is 0.175 e. The molecule has 1 atom stereocenters. The maximum atomic E-state index is 10.6. The van der Waals surface area contributed by atoms with Gasteiger partial charge in [0.1, 0.15) is 0 Å². The number of alkyl halides is 1. The Morgan fingerprint density at radius 2 is 2.12 bits per heavy atom. The van der Waals surface area contributed by atoms with E-state index in [0.717, 1.165) is 0 Å². The van der Waals surface area contributed by atoms with Crippen molar-refractivity contribution in [3.05, 3.63) is 12.2 Å². The van der Waals surface area contributed by atoms with E-state index in [1.54, 1.807) is 13.8 Å². The average molecular weight is 133 g/mol. The summed E-state index contributed by atoms with van der Waals surface area (Å²) in [6, 6.07) is 0. The van der Waals surface area contributed by atoms with Gasteiger partial charge >= 0.3 is 0 Å². The third kappa shape index (κ3) is 2.12. The normalized spacial score (nSPS) is 12.9. The van der Waals surface area contributed by atoms with Crippen LogP contribution in [0.25, 0.3) is 0 Å². The van der Waals surface area contributed by atoms with E-state index in [9.17, 15) is 4.79 Å². The highest BCUT2D eigenvalue weighted by atomic mass is 35.5. The van der Waals surface area contributed by atoms with Crippen LogP contribution >= 0.6 is 11.6 Å². The van der Waals surface area contributed by atoms with Crippen LogP contribution in [0.2, 0.25) is 0 Å². The van der Waals surface area contributed by atoms with E-state index in [1.165, 1.54) is 0 Å². The summed E-state index contributed by atoms with van der Waals surface area (Å²) in [7, 11) is 0. The van der Waals surface area contributed by atoms with Crippen LogP contribution in [0.3, 0.4) is 0 Å². The Kier molecular flexibility index (Phi) is 2.77. The van der Waals surface area contributed by atoms with Crippen molar-refractivity contribution in [1.82, 2.24) is 0 Å². The van der Waals surface area contributed by atoms with Gasteiger partial charge in [-0.2, -0.15) is 0 Å². The highest BCUT2D eigenvalue weighted by Crippen LogP contribution is 2.01. The topological polar surface area (TPSA) is 17.1 Å². The molecule has 0 aliphatic carbocycles. The number of ketones is 1. The Hall–Kier alpha value is -0.300. The van der Waals surface area contributed by atoms with Crippen LogP contribution in [0.4, 0.5) is 0 Å². The first-order valence-corrected chi connectivity index (χ1v) is 2.83. The zero-order valence-electron chi connectivity index (χ0n) is 5.07. The Balaban J connectivity index is 3.84. The Morgan fingerprint density at radius 3 is 2.12 bits per heavy atom. The fraction of sp³-hybridized carbons (Fsp3) is 0.500. The van der Waals surface area contributed by atoms with Gasteiger partial charge in [-0.15, -0.1) is 11.6 Å². The first-order chi connectivity index (χ1) is 3.55. The van der Waals surface area contributed by atoms with Crippen LogP contribution in [-0.2, 0) is 4.79 Å². The second-order valence-corrected chi connectivity index (χ2v) is 2.42. The van der Waals surface area contributed by atoms with E-state index in [-0.39, 0.29) is 5.78 Å². The molecule has 0 rings (SSSR count). The Morgan fingerprint density at radius 1 is 1.75 bits per heavy atom. The highest BCUT2D eigenvalue weighted by molar-refractivity contribution is 6.33. The molecule has 0 radical (unpaired) electrons. The fourth-order valence-corrected chi connectivity index (χ4v) is 0.526. The van der Waals surface area contributed by atoms with Crippen LogP contribution < -0.4 is 0 Å². The minimum atomic E-state index is -0.424. The number of carbonyl (C=O) groups excluding carboxylic acids is 1. The number of carbonyl (C=O) groups is 1. The van der Waals surface area contributed by atoms with Gasteiger partial charge in [-0.25, -0.2) is 0 Å². The lowest BCUT2D eigenvalue weighted by Crippen LogP contribution is -2.09. The highest BCUT2D eigenvalue weighted by Gasteiger charge is 2.07. The Labute approximate surface area is 54.3 Å². The van der Waals surface area contributed by atoms with Crippen LogP contribution in [0.5, 0.6) is 0 Å². The third-order valence-corrected chi connectivity index (χ3v) is 0.980. The van der Waals surface area contributed by atoms with Crippen molar-refractivity contribution in [2.45, 2.75) is 19.2 Å². The molecular formula is C6H9ClO. The summed E-state index contributed by atoms with van der Waals surface area (Å²) in [5.41, 5.74) is 0.521. The first kappa shape index (κ1) is 7.70. The van der Waals surface area contributed by atoms with Crippen LogP contribution in [0.1, 0.15) is 13.8 Å². The molecule has 0 amide bonds. The molecule has 0 aromatic heterocycles. The van der Waals surface area contributed by atoms with Crippen LogP contribution in [0, 0.1) is 0 Å². The van der Waals surface area contributed by atoms with E-state index < -0.39 is 5.38 Å². The number of hydrogen-bond donors (Lipinski definition) is 0. The second kappa shape index (κ2) is 2.88. The number of halogens is 1. The number of Topliss-reactive ketones (excluding diaryl/α,β-unsaturated/α-hetero) is 1. The summed E-state index contributed by atoms with van der Waals surface area (Å²) in [6.45, 7) is 6.73. The van der Waals surface area contributed by atoms with Gasteiger partial charge in [0.25, 0.3) is 0 Å². The first-order valence-electron chi connectivity index (χ1n) is 2.39. The molecule has 8 heavy (non-hydrogen) atoms. The van der Waals surface area contributed by atoms with Crippen molar-refractivity contribution in [3.8, 4) is 0 Å². The number of rotatable bonds is 2. The largest absolute Gasteiger partial charge is 0.293 e. The Bertz CT molecular complexity index is 116. The number of allylic oxidation sites excluding steroid dienone is 1. The summed E-state index contributed by atoms with van der Waals surface area (Å²) in [5, 5.41) is -0.424. The van der Waals surface area contributed by atoms with Crippen molar-refractivity contribution >= 4 is 17.4 Å². The van der Waals surface area contributed by atoms with E-state index in [4.69, 9.17) is 11.6 Å². The standard InChI is InChI=1S/C6H9ClO/c1-4(2)6(8)5(3)7/h5H,1H2,2-3H3. The van der Waals surface area contributed by atoms with Crippen molar-refractivity contribution in [2.75, 3.05) is 0 Å². The van der Waals surface area contributed by atoms with Gasteiger partial charge in [-0.3, -0.25) is 4.79 Å².